The number of amides is 3. The fraction of sp³-hybridized carbons (Fsp3) is 0.226. The third kappa shape index (κ3) is 8.50. The summed E-state index contributed by atoms with van der Waals surface area (Å²) in [5.41, 5.74) is 5.39. The molecule has 0 aromatic heterocycles. The summed E-state index contributed by atoms with van der Waals surface area (Å²) in [5, 5.41) is 9.43. The van der Waals surface area contributed by atoms with Gasteiger partial charge in [0, 0.05) is 15.7 Å². The van der Waals surface area contributed by atoms with Gasteiger partial charge in [-0.1, -0.05) is 52.3 Å². The van der Waals surface area contributed by atoms with Crippen LogP contribution in [0.1, 0.15) is 36.6 Å². The molecule has 1 aliphatic rings. The van der Waals surface area contributed by atoms with E-state index >= 15 is 0 Å². The summed E-state index contributed by atoms with van der Waals surface area (Å²) in [6, 6.07) is 17.2. The number of esters is 1. The van der Waals surface area contributed by atoms with Crippen LogP contribution in [0.3, 0.4) is 0 Å². The zero-order valence-electron chi connectivity index (χ0n) is 24.1. The second-order valence-corrected chi connectivity index (χ2v) is 11.4. The average Bonchev–Trinajstić information content (AvgIpc) is 2.99. The largest absolute Gasteiger partial charge is 0.493 e. The van der Waals surface area contributed by atoms with E-state index in [2.05, 4.69) is 59.7 Å². The number of hydrogen-bond donors (Lipinski definition) is 3. The minimum absolute atomic E-state index is 0.184. The van der Waals surface area contributed by atoms with Crippen LogP contribution in [0.15, 0.2) is 81.5 Å². The van der Waals surface area contributed by atoms with Crippen LogP contribution in [0, 0.1) is 3.57 Å². The van der Waals surface area contributed by atoms with Crippen molar-refractivity contribution in [2.24, 2.45) is 5.10 Å². The molecule has 0 bridgehead atoms. The predicted octanol–water partition coefficient (Wildman–Crippen LogP) is 5.36. The number of hydrazone groups is 1. The van der Waals surface area contributed by atoms with Crippen molar-refractivity contribution in [3.05, 3.63) is 96.7 Å². The molecule has 1 heterocycles. The molecule has 0 unspecified atom stereocenters. The van der Waals surface area contributed by atoms with Gasteiger partial charge in [0.05, 0.1) is 35.1 Å². The molecule has 11 nitrogen and oxygen atoms in total. The second kappa shape index (κ2) is 15.6. The lowest BCUT2D eigenvalue weighted by Crippen LogP contribution is -2.45. The third-order valence-corrected chi connectivity index (χ3v) is 7.56. The van der Waals surface area contributed by atoms with Gasteiger partial charge in [0.1, 0.15) is 12.4 Å². The summed E-state index contributed by atoms with van der Waals surface area (Å²) >= 11 is 5.68. The molecular weight excluding hydrogens is 747 g/mol. The van der Waals surface area contributed by atoms with E-state index in [1.165, 1.54) is 13.3 Å². The number of hydrogen-bond acceptors (Lipinski definition) is 8. The van der Waals surface area contributed by atoms with Crippen molar-refractivity contribution >= 4 is 62.6 Å². The molecule has 0 saturated heterocycles. The molecule has 0 radical (unpaired) electrons. The number of urea groups is 1. The summed E-state index contributed by atoms with van der Waals surface area (Å²) in [4.78, 5) is 37.4. The van der Waals surface area contributed by atoms with Crippen molar-refractivity contribution in [2.45, 2.75) is 26.5 Å². The fourth-order valence-electron chi connectivity index (χ4n) is 4.31. The highest BCUT2D eigenvalue weighted by Gasteiger charge is 2.32. The molecule has 0 spiro atoms. The lowest BCUT2D eigenvalue weighted by molar-refractivity contribution is -0.139. The highest BCUT2D eigenvalue weighted by Crippen LogP contribution is 2.35. The molecule has 0 aliphatic carbocycles. The molecule has 13 heteroatoms. The highest BCUT2D eigenvalue weighted by molar-refractivity contribution is 14.1. The first-order valence-electron chi connectivity index (χ1n) is 13.4. The van der Waals surface area contributed by atoms with E-state index in [9.17, 15) is 14.4 Å². The summed E-state index contributed by atoms with van der Waals surface area (Å²) < 4.78 is 24.1. The molecule has 3 aromatic rings. The Morgan fingerprint density at radius 3 is 2.59 bits per heavy atom. The SMILES string of the molecule is CCOC(=O)C1=C(C)NC(=O)N[C@@H]1c1ccc(OCC(=O)N/N=C/c2cc(Br)cc(I)c2OCc2ccccc2)c(OC)c1. The van der Waals surface area contributed by atoms with E-state index in [1.54, 1.807) is 32.0 Å². The molecule has 230 valence electrons. The Hall–Kier alpha value is -4.11. The Labute approximate surface area is 276 Å². The number of rotatable bonds is 12. The molecule has 3 N–H and O–H groups in total. The molecule has 1 aliphatic heterocycles. The minimum Gasteiger partial charge on any atom is -0.493 e. The van der Waals surface area contributed by atoms with Crippen LogP contribution >= 0.6 is 38.5 Å². The van der Waals surface area contributed by atoms with E-state index in [1.807, 2.05) is 42.5 Å². The number of methoxy groups -OCH3 is 1. The molecule has 3 aromatic carbocycles. The fourth-order valence-corrected chi connectivity index (χ4v) is 6.02. The van der Waals surface area contributed by atoms with Gasteiger partial charge in [-0.05, 0) is 71.8 Å². The number of nitrogens with zero attached hydrogens (tertiary/aromatic N) is 1. The molecule has 0 saturated carbocycles. The zero-order chi connectivity index (χ0) is 31.6. The molecular formula is C31H30BrIN4O7. The Bertz CT molecular complexity index is 1600. The number of halogens is 2. The lowest BCUT2D eigenvalue weighted by Gasteiger charge is -2.28. The van der Waals surface area contributed by atoms with Gasteiger partial charge in [-0.3, -0.25) is 4.79 Å². The second-order valence-electron chi connectivity index (χ2n) is 9.36. The van der Waals surface area contributed by atoms with E-state index < -0.39 is 23.9 Å². The normalized spacial score (nSPS) is 14.5. The van der Waals surface area contributed by atoms with Crippen LogP contribution in [0.2, 0.25) is 0 Å². The van der Waals surface area contributed by atoms with Crippen molar-refractivity contribution in [2.75, 3.05) is 20.3 Å². The number of carbonyl (C=O) groups excluding carboxylic acids is 3. The highest BCUT2D eigenvalue weighted by atomic mass is 127. The van der Waals surface area contributed by atoms with Gasteiger partial charge in [0.15, 0.2) is 18.1 Å². The maximum Gasteiger partial charge on any atom is 0.338 e. The van der Waals surface area contributed by atoms with Crippen molar-refractivity contribution in [1.82, 2.24) is 16.1 Å². The molecule has 0 fully saturated rings. The maximum absolute atomic E-state index is 12.6. The topological polar surface area (TPSA) is 137 Å². The van der Waals surface area contributed by atoms with Crippen LogP contribution < -0.4 is 30.3 Å². The Kier molecular flexibility index (Phi) is 11.6. The zero-order valence-corrected chi connectivity index (χ0v) is 27.9. The Morgan fingerprint density at radius 1 is 1.09 bits per heavy atom. The minimum atomic E-state index is -0.772. The first kappa shape index (κ1) is 32.8. The number of nitrogens with one attached hydrogen (secondary N) is 3. The van der Waals surface area contributed by atoms with Gasteiger partial charge in [-0.2, -0.15) is 5.10 Å². The monoisotopic (exact) mass is 776 g/mol. The van der Waals surface area contributed by atoms with Gasteiger partial charge >= 0.3 is 12.0 Å². The maximum atomic E-state index is 12.6. The first-order valence-corrected chi connectivity index (χ1v) is 15.3. The van der Waals surface area contributed by atoms with Crippen LogP contribution in [0.25, 0.3) is 0 Å². The van der Waals surface area contributed by atoms with Crippen molar-refractivity contribution in [3.8, 4) is 17.2 Å². The van der Waals surface area contributed by atoms with Gasteiger partial charge in [-0.25, -0.2) is 15.0 Å². The summed E-state index contributed by atoms with van der Waals surface area (Å²) in [6.07, 6.45) is 1.50. The Morgan fingerprint density at radius 2 is 1.86 bits per heavy atom. The van der Waals surface area contributed by atoms with E-state index in [0.717, 1.165) is 13.6 Å². The van der Waals surface area contributed by atoms with Crippen molar-refractivity contribution < 1.29 is 33.3 Å². The summed E-state index contributed by atoms with van der Waals surface area (Å²) in [7, 11) is 1.45. The summed E-state index contributed by atoms with van der Waals surface area (Å²) in [6.45, 7) is 3.55. The van der Waals surface area contributed by atoms with Crippen LogP contribution in [0.5, 0.6) is 17.2 Å². The van der Waals surface area contributed by atoms with E-state index in [4.69, 9.17) is 18.9 Å². The number of ether oxygens (including phenoxy) is 4. The smallest absolute Gasteiger partial charge is 0.338 e. The van der Waals surface area contributed by atoms with Crippen molar-refractivity contribution in [1.29, 1.82) is 0 Å². The van der Waals surface area contributed by atoms with Crippen LogP contribution in [0.4, 0.5) is 4.79 Å². The number of benzene rings is 3. The van der Waals surface area contributed by atoms with Gasteiger partial charge in [0.2, 0.25) is 0 Å². The number of carbonyl (C=O) groups is 3. The van der Waals surface area contributed by atoms with Gasteiger partial charge in [0.25, 0.3) is 5.91 Å². The van der Waals surface area contributed by atoms with Crippen LogP contribution in [-0.4, -0.2) is 44.4 Å². The van der Waals surface area contributed by atoms with Crippen molar-refractivity contribution in [3.63, 3.8) is 0 Å². The van der Waals surface area contributed by atoms with Crippen LogP contribution in [-0.2, 0) is 20.9 Å². The van der Waals surface area contributed by atoms with E-state index in [-0.39, 0.29) is 24.5 Å². The molecule has 1 atom stereocenters. The standard InChI is InChI=1S/C31H30BrIN4O7/c1-4-42-30(39)27-18(2)35-31(40)36-28(27)20-10-11-24(25(13-20)41-3)43-17-26(38)37-34-15-21-12-22(32)14-23(33)29(21)44-16-19-8-6-5-7-9-19/h5-15,28H,4,16-17H2,1-3H3,(H,37,38)(H2,35,36,40)/b34-15+/t28-/m1/s1. The summed E-state index contributed by atoms with van der Waals surface area (Å²) in [5.74, 6) is 0.172. The van der Waals surface area contributed by atoms with Gasteiger partial charge < -0.3 is 29.6 Å². The van der Waals surface area contributed by atoms with Gasteiger partial charge in [-0.15, -0.1) is 0 Å². The van der Waals surface area contributed by atoms with E-state index in [0.29, 0.717) is 34.9 Å². The molecule has 3 amide bonds. The average molecular weight is 777 g/mol. The quantitative estimate of drug-likeness (QED) is 0.0976. The lowest BCUT2D eigenvalue weighted by atomic mass is 9.95. The predicted molar refractivity (Wildman–Crippen MR) is 176 cm³/mol. The Balaban J connectivity index is 1.41. The molecule has 4 rings (SSSR count). The number of allylic oxidation sites excluding steroid dienone is 1. The molecule has 44 heavy (non-hydrogen) atoms. The first-order chi connectivity index (χ1) is 21.2. The third-order valence-electron chi connectivity index (χ3n) is 6.30.